The van der Waals surface area contributed by atoms with Crippen molar-refractivity contribution in [3.8, 4) is 0 Å². The second-order valence-electron chi connectivity index (χ2n) is 3.00. The lowest BCUT2D eigenvalue weighted by Gasteiger charge is -2.09. The Morgan fingerprint density at radius 1 is 1.70 bits per heavy atom. The van der Waals surface area contributed by atoms with Crippen molar-refractivity contribution in [3.63, 3.8) is 0 Å². The van der Waals surface area contributed by atoms with Gasteiger partial charge in [-0.15, -0.1) is 0 Å². The number of carbonyl (C=O) groups is 1. The Bertz CT molecular complexity index is 138. The summed E-state index contributed by atoms with van der Waals surface area (Å²) in [6.45, 7) is 0.597. The van der Waals surface area contributed by atoms with Crippen LogP contribution in [0.2, 0.25) is 0 Å². The summed E-state index contributed by atoms with van der Waals surface area (Å²) >= 11 is 0. The topological polar surface area (TPSA) is 46.5 Å². The molecule has 0 aromatic rings. The van der Waals surface area contributed by atoms with E-state index in [0.717, 1.165) is 12.8 Å². The maximum Gasteiger partial charge on any atom is 0.303 e. The molecule has 1 rings (SSSR count). The largest absolute Gasteiger partial charge is 0.481 e. The molecule has 58 valence electrons. The van der Waals surface area contributed by atoms with E-state index in [1.807, 2.05) is 0 Å². The van der Waals surface area contributed by atoms with Crippen LogP contribution in [-0.2, 0) is 9.53 Å². The van der Waals surface area contributed by atoms with Crippen LogP contribution in [0.3, 0.4) is 0 Å². The van der Waals surface area contributed by atoms with Crippen molar-refractivity contribution in [1.82, 2.24) is 0 Å². The quantitative estimate of drug-likeness (QED) is 0.637. The minimum absolute atomic E-state index is 0.000579. The van der Waals surface area contributed by atoms with Gasteiger partial charge in [0.25, 0.3) is 0 Å². The molecule has 0 spiro atoms. The molecule has 0 aromatic carbocycles. The number of carboxylic acid groups (broad SMARTS) is 1. The lowest BCUT2D eigenvalue weighted by molar-refractivity contribution is -0.138. The zero-order valence-corrected chi connectivity index (χ0v) is 6.09. The fourth-order valence-corrected chi connectivity index (χ4v) is 1.18. The summed E-state index contributed by atoms with van der Waals surface area (Å²) in [6.07, 6.45) is 2.28. The van der Waals surface area contributed by atoms with Crippen LogP contribution in [0.25, 0.3) is 0 Å². The van der Waals surface area contributed by atoms with Gasteiger partial charge in [-0.25, -0.2) is 0 Å². The van der Waals surface area contributed by atoms with Gasteiger partial charge in [-0.05, 0) is 12.8 Å². The van der Waals surface area contributed by atoms with E-state index in [1.165, 1.54) is 0 Å². The highest BCUT2D eigenvalue weighted by Gasteiger charge is 2.44. The third kappa shape index (κ3) is 1.70. The first kappa shape index (κ1) is 7.54. The minimum atomic E-state index is -0.713. The number of hydrogen-bond acceptors (Lipinski definition) is 2. The van der Waals surface area contributed by atoms with Crippen molar-refractivity contribution in [1.29, 1.82) is 0 Å². The fraction of sp³-hybridized carbons (Fsp3) is 0.857. The highest BCUT2D eigenvalue weighted by Crippen LogP contribution is 2.48. The fourth-order valence-electron chi connectivity index (χ4n) is 1.18. The summed E-state index contributed by atoms with van der Waals surface area (Å²) in [5.41, 5.74) is 0.000579. The molecule has 0 aromatic heterocycles. The molecule has 1 fully saturated rings. The number of ether oxygens (including phenoxy) is 1. The van der Waals surface area contributed by atoms with E-state index in [1.54, 1.807) is 7.11 Å². The number of aliphatic carboxylic acids is 1. The molecule has 10 heavy (non-hydrogen) atoms. The molecule has 1 saturated carbocycles. The predicted octanol–water partition coefficient (Wildman–Crippen LogP) is 0.888. The van der Waals surface area contributed by atoms with E-state index in [2.05, 4.69) is 0 Å². The second-order valence-corrected chi connectivity index (χ2v) is 3.00. The van der Waals surface area contributed by atoms with E-state index in [-0.39, 0.29) is 11.8 Å². The lowest BCUT2D eigenvalue weighted by atomic mass is 10.0. The normalized spacial score (nSPS) is 20.5. The Labute approximate surface area is 60.0 Å². The molecule has 1 aliphatic rings. The molecule has 3 heteroatoms. The zero-order chi connectivity index (χ0) is 7.61. The van der Waals surface area contributed by atoms with E-state index >= 15 is 0 Å². The number of methoxy groups -OCH3 is 1. The van der Waals surface area contributed by atoms with Crippen LogP contribution in [0.1, 0.15) is 19.3 Å². The molecule has 0 unspecified atom stereocenters. The Hall–Kier alpha value is -0.570. The Kier molecular flexibility index (Phi) is 1.94. The van der Waals surface area contributed by atoms with E-state index < -0.39 is 5.97 Å². The lowest BCUT2D eigenvalue weighted by Crippen LogP contribution is -2.13. The van der Waals surface area contributed by atoms with Crippen molar-refractivity contribution in [3.05, 3.63) is 0 Å². The smallest absolute Gasteiger partial charge is 0.303 e. The molecule has 1 aliphatic carbocycles. The minimum Gasteiger partial charge on any atom is -0.481 e. The molecule has 0 bridgehead atoms. The third-order valence-corrected chi connectivity index (χ3v) is 1.93. The Morgan fingerprint density at radius 2 is 2.30 bits per heavy atom. The average Bonchev–Trinajstić information content (AvgIpc) is 2.47. The van der Waals surface area contributed by atoms with Gasteiger partial charge in [0, 0.05) is 12.5 Å². The van der Waals surface area contributed by atoms with Crippen molar-refractivity contribution in [2.24, 2.45) is 5.41 Å². The maximum atomic E-state index is 10.3. The summed E-state index contributed by atoms with van der Waals surface area (Å²) in [4.78, 5) is 10.3. The molecule has 1 N–H and O–H groups in total. The van der Waals surface area contributed by atoms with Crippen molar-refractivity contribution >= 4 is 5.97 Å². The number of rotatable bonds is 4. The second kappa shape index (κ2) is 2.58. The zero-order valence-electron chi connectivity index (χ0n) is 6.09. The van der Waals surface area contributed by atoms with Gasteiger partial charge in [-0.2, -0.15) is 0 Å². The van der Waals surface area contributed by atoms with Crippen molar-refractivity contribution < 1.29 is 14.6 Å². The molecular formula is C7H12O3. The molecular weight excluding hydrogens is 132 g/mol. The summed E-state index contributed by atoms with van der Waals surface area (Å²) in [5, 5.41) is 8.46. The van der Waals surface area contributed by atoms with Gasteiger partial charge >= 0.3 is 5.97 Å². The average molecular weight is 144 g/mol. The molecule has 0 aliphatic heterocycles. The standard InChI is InChI=1S/C7H12O3/c1-10-5-7(2-3-7)4-6(8)9/h2-5H2,1H3,(H,8,9). The van der Waals surface area contributed by atoms with Gasteiger partial charge in [0.15, 0.2) is 0 Å². The van der Waals surface area contributed by atoms with Gasteiger partial charge in [0.1, 0.15) is 0 Å². The first-order valence-electron chi connectivity index (χ1n) is 3.39. The van der Waals surface area contributed by atoms with E-state index in [9.17, 15) is 4.79 Å². The van der Waals surface area contributed by atoms with Gasteiger partial charge in [-0.3, -0.25) is 4.79 Å². The summed E-state index contributed by atoms with van der Waals surface area (Å²) in [5.74, 6) is -0.713. The highest BCUT2D eigenvalue weighted by atomic mass is 16.5. The van der Waals surface area contributed by atoms with Crippen molar-refractivity contribution in [2.45, 2.75) is 19.3 Å². The molecule has 0 heterocycles. The first-order chi connectivity index (χ1) is 4.68. The first-order valence-corrected chi connectivity index (χ1v) is 3.39. The summed E-state index contributed by atoms with van der Waals surface area (Å²) < 4.78 is 4.91. The molecule has 0 atom stereocenters. The van der Waals surface area contributed by atoms with Gasteiger partial charge in [-0.1, -0.05) is 0 Å². The Balaban J connectivity index is 2.30. The number of carboxylic acids is 1. The summed E-state index contributed by atoms with van der Waals surface area (Å²) in [6, 6.07) is 0. The van der Waals surface area contributed by atoms with Crippen LogP contribution >= 0.6 is 0 Å². The van der Waals surface area contributed by atoms with Gasteiger partial charge in [0.2, 0.25) is 0 Å². The van der Waals surface area contributed by atoms with Crippen LogP contribution in [0.5, 0.6) is 0 Å². The van der Waals surface area contributed by atoms with Gasteiger partial charge in [0.05, 0.1) is 13.0 Å². The van der Waals surface area contributed by atoms with Crippen molar-refractivity contribution in [2.75, 3.05) is 13.7 Å². The third-order valence-electron chi connectivity index (χ3n) is 1.93. The van der Waals surface area contributed by atoms with Crippen LogP contribution in [0, 0.1) is 5.41 Å². The van der Waals surface area contributed by atoms with Crippen LogP contribution in [0.4, 0.5) is 0 Å². The Morgan fingerprint density at radius 3 is 2.60 bits per heavy atom. The predicted molar refractivity (Wildman–Crippen MR) is 35.8 cm³/mol. The van der Waals surface area contributed by atoms with Crippen LogP contribution in [0.15, 0.2) is 0 Å². The highest BCUT2D eigenvalue weighted by molar-refractivity contribution is 5.68. The van der Waals surface area contributed by atoms with E-state index in [0.29, 0.717) is 6.61 Å². The monoisotopic (exact) mass is 144 g/mol. The van der Waals surface area contributed by atoms with Crippen LogP contribution < -0.4 is 0 Å². The summed E-state index contributed by atoms with van der Waals surface area (Å²) in [7, 11) is 1.61. The molecule has 0 saturated heterocycles. The molecule has 0 radical (unpaired) electrons. The van der Waals surface area contributed by atoms with Gasteiger partial charge < -0.3 is 9.84 Å². The molecule has 0 amide bonds. The van der Waals surface area contributed by atoms with E-state index in [4.69, 9.17) is 9.84 Å². The van der Waals surface area contributed by atoms with Crippen LogP contribution in [-0.4, -0.2) is 24.8 Å². The molecule has 3 nitrogen and oxygen atoms in total. The number of hydrogen-bond donors (Lipinski definition) is 1. The SMILES string of the molecule is COCC1(CC(=O)O)CC1. The maximum absolute atomic E-state index is 10.3.